The van der Waals surface area contributed by atoms with E-state index in [-0.39, 0.29) is 16.7 Å². The fourth-order valence-electron chi connectivity index (χ4n) is 2.84. The van der Waals surface area contributed by atoms with Crippen LogP contribution in [0.2, 0.25) is 0 Å². The summed E-state index contributed by atoms with van der Waals surface area (Å²) in [6, 6.07) is 10.7. The Morgan fingerprint density at radius 2 is 2.07 bits per heavy atom. The van der Waals surface area contributed by atoms with E-state index in [9.17, 15) is 10.1 Å². The smallest absolute Gasteiger partial charge is 0.272 e. The first kappa shape index (κ1) is 17.1. The van der Waals surface area contributed by atoms with Crippen LogP contribution in [0.3, 0.4) is 0 Å². The number of nitrogens with one attached hydrogen (secondary N) is 1. The third-order valence-electron chi connectivity index (χ3n) is 4.34. The SMILES string of the molecule is Cc1ccc(C(C)Nc2ccc3nnc(-c4ccsc4)n3n2)cc1[N+](=O)[O-]. The maximum atomic E-state index is 11.2. The number of nitro groups is 1. The second kappa shape index (κ2) is 6.76. The number of rotatable bonds is 5. The second-order valence-corrected chi connectivity index (χ2v) is 6.97. The zero-order valence-corrected chi connectivity index (χ0v) is 15.5. The van der Waals surface area contributed by atoms with Crippen molar-refractivity contribution in [3.63, 3.8) is 0 Å². The van der Waals surface area contributed by atoms with Crippen molar-refractivity contribution in [2.75, 3.05) is 5.32 Å². The van der Waals surface area contributed by atoms with E-state index in [1.807, 2.05) is 41.9 Å². The molecule has 0 radical (unpaired) electrons. The molecule has 0 fully saturated rings. The van der Waals surface area contributed by atoms with Gasteiger partial charge in [-0.15, -0.1) is 15.3 Å². The van der Waals surface area contributed by atoms with Gasteiger partial charge in [0.05, 0.1) is 11.0 Å². The summed E-state index contributed by atoms with van der Waals surface area (Å²) < 4.78 is 1.69. The normalized spacial score (nSPS) is 12.2. The molecule has 0 aliphatic carbocycles. The molecule has 1 aromatic carbocycles. The standard InChI is InChI=1S/C18H16N6O2S/c1-11-3-4-13(9-15(11)24(25)26)12(2)19-16-5-6-17-20-21-18(23(17)22-16)14-7-8-27-10-14/h3-10,12H,1-2H3,(H,19,22). The van der Waals surface area contributed by atoms with Gasteiger partial charge in [0, 0.05) is 22.6 Å². The van der Waals surface area contributed by atoms with Crippen LogP contribution >= 0.6 is 11.3 Å². The first-order chi connectivity index (χ1) is 13.0. The molecule has 0 saturated carbocycles. The largest absolute Gasteiger partial charge is 0.362 e. The van der Waals surface area contributed by atoms with Gasteiger partial charge in [-0.3, -0.25) is 10.1 Å². The Hall–Kier alpha value is -3.33. The highest BCUT2D eigenvalue weighted by atomic mass is 32.1. The van der Waals surface area contributed by atoms with E-state index in [2.05, 4.69) is 20.6 Å². The van der Waals surface area contributed by atoms with E-state index in [0.717, 1.165) is 11.1 Å². The van der Waals surface area contributed by atoms with E-state index in [0.29, 0.717) is 22.9 Å². The molecule has 0 aliphatic heterocycles. The Labute approximate surface area is 158 Å². The lowest BCUT2D eigenvalue weighted by molar-refractivity contribution is -0.385. The van der Waals surface area contributed by atoms with Crippen LogP contribution in [-0.4, -0.2) is 24.7 Å². The van der Waals surface area contributed by atoms with Crippen LogP contribution < -0.4 is 5.32 Å². The summed E-state index contributed by atoms with van der Waals surface area (Å²) in [5, 5.41) is 31.4. The predicted molar refractivity (Wildman–Crippen MR) is 104 cm³/mol. The van der Waals surface area contributed by atoms with Crippen molar-refractivity contribution in [3.05, 3.63) is 68.4 Å². The Balaban J connectivity index is 1.64. The number of nitro benzene ring substituents is 1. The molecule has 0 saturated heterocycles. The van der Waals surface area contributed by atoms with Gasteiger partial charge in [0.1, 0.15) is 5.82 Å². The van der Waals surface area contributed by atoms with Gasteiger partial charge in [-0.1, -0.05) is 12.1 Å². The van der Waals surface area contributed by atoms with Crippen LogP contribution in [0.4, 0.5) is 11.5 Å². The number of hydrogen-bond acceptors (Lipinski definition) is 7. The van der Waals surface area contributed by atoms with Crippen molar-refractivity contribution in [1.29, 1.82) is 0 Å². The van der Waals surface area contributed by atoms with Crippen LogP contribution in [-0.2, 0) is 0 Å². The molecule has 136 valence electrons. The number of hydrogen-bond donors (Lipinski definition) is 1. The number of aromatic nitrogens is 4. The molecule has 0 amide bonds. The zero-order chi connectivity index (χ0) is 19.0. The van der Waals surface area contributed by atoms with Gasteiger partial charge in [-0.2, -0.15) is 15.9 Å². The lowest BCUT2D eigenvalue weighted by Crippen LogP contribution is -2.10. The van der Waals surface area contributed by atoms with E-state index < -0.39 is 0 Å². The van der Waals surface area contributed by atoms with Gasteiger partial charge in [0.15, 0.2) is 11.5 Å². The summed E-state index contributed by atoms with van der Waals surface area (Å²) in [5.74, 6) is 1.31. The zero-order valence-electron chi connectivity index (χ0n) is 14.7. The van der Waals surface area contributed by atoms with E-state index in [1.54, 1.807) is 34.9 Å². The maximum Gasteiger partial charge on any atom is 0.272 e. The predicted octanol–water partition coefficient (Wildman–Crippen LogP) is 4.24. The van der Waals surface area contributed by atoms with Crippen LogP contribution in [0, 0.1) is 17.0 Å². The molecule has 27 heavy (non-hydrogen) atoms. The van der Waals surface area contributed by atoms with E-state index in [4.69, 9.17) is 0 Å². The minimum absolute atomic E-state index is 0.114. The molecule has 0 bridgehead atoms. The molecule has 1 N–H and O–H groups in total. The summed E-state index contributed by atoms with van der Waals surface area (Å²) >= 11 is 1.58. The average molecular weight is 380 g/mol. The molecule has 8 nitrogen and oxygen atoms in total. The van der Waals surface area contributed by atoms with Crippen LogP contribution in [0.15, 0.2) is 47.2 Å². The van der Waals surface area contributed by atoms with E-state index >= 15 is 0 Å². The van der Waals surface area contributed by atoms with Crippen molar-refractivity contribution >= 4 is 28.5 Å². The third-order valence-corrected chi connectivity index (χ3v) is 5.02. The Morgan fingerprint density at radius 1 is 1.22 bits per heavy atom. The highest BCUT2D eigenvalue weighted by Gasteiger charge is 2.16. The van der Waals surface area contributed by atoms with Crippen LogP contribution in [0.1, 0.15) is 24.1 Å². The summed E-state index contributed by atoms with van der Waals surface area (Å²) in [7, 11) is 0. The molecule has 3 aromatic heterocycles. The van der Waals surface area contributed by atoms with Gasteiger partial charge in [0.25, 0.3) is 5.69 Å². The molecule has 4 rings (SSSR count). The third kappa shape index (κ3) is 3.24. The summed E-state index contributed by atoms with van der Waals surface area (Å²) in [6.45, 7) is 3.67. The fraction of sp³-hybridized carbons (Fsp3) is 0.167. The van der Waals surface area contributed by atoms with Gasteiger partial charge < -0.3 is 5.32 Å². The average Bonchev–Trinajstić information content (AvgIpc) is 3.30. The quantitative estimate of drug-likeness (QED) is 0.411. The Kier molecular flexibility index (Phi) is 4.28. The topological polar surface area (TPSA) is 98.2 Å². The molecular weight excluding hydrogens is 364 g/mol. The lowest BCUT2D eigenvalue weighted by Gasteiger charge is -2.15. The van der Waals surface area contributed by atoms with Crippen molar-refractivity contribution in [2.45, 2.75) is 19.9 Å². The number of thiophene rings is 1. The minimum atomic E-state index is -0.361. The molecule has 9 heteroatoms. The van der Waals surface area contributed by atoms with Gasteiger partial charge in [0.2, 0.25) is 0 Å². The molecule has 1 atom stereocenters. The Bertz CT molecular complexity index is 1120. The number of fused-ring (bicyclic) bond motifs is 1. The number of anilines is 1. The molecule has 3 heterocycles. The molecule has 0 aliphatic rings. The van der Waals surface area contributed by atoms with Crippen molar-refractivity contribution in [1.82, 2.24) is 19.8 Å². The fourth-order valence-corrected chi connectivity index (χ4v) is 3.47. The lowest BCUT2D eigenvalue weighted by atomic mass is 10.0. The first-order valence-corrected chi connectivity index (χ1v) is 9.24. The van der Waals surface area contributed by atoms with Crippen LogP contribution in [0.25, 0.3) is 17.0 Å². The van der Waals surface area contributed by atoms with Gasteiger partial charge in [-0.25, -0.2) is 0 Å². The van der Waals surface area contributed by atoms with Crippen molar-refractivity contribution in [3.8, 4) is 11.4 Å². The number of nitrogens with zero attached hydrogens (tertiary/aromatic N) is 5. The molecule has 4 aromatic rings. The van der Waals surface area contributed by atoms with Crippen molar-refractivity contribution in [2.24, 2.45) is 0 Å². The van der Waals surface area contributed by atoms with Gasteiger partial charge >= 0.3 is 0 Å². The molecular formula is C18H16N6O2S. The summed E-state index contributed by atoms with van der Waals surface area (Å²) in [6.07, 6.45) is 0. The minimum Gasteiger partial charge on any atom is -0.362 e. The van der Waals surface area contributed by atoms with Gasteiger partial charge in [-0.05, 0) is 43.0 Å². The highest BCUT2D eigenvalue weighted by Crippen LogP contribution is 2.26. The summed E-state index contributed by atoms with van der Waals surface area (Å²) in [4.78, 5) is 10.8. The first-order valence-electron chi connectivity index (χ1n) is 8.29. The monoisotopic (exact) mass is 380 g/mol. The highest BCUT2D eigenvalue weighted by molar-refractivity contribution is 7.08. The Morgan fingerprint density at radius 3 is 2.81 bits per heavy atom. The van der Waals surface area contributed by atoms with Crippen molar-refractivity contribution < 1.29 is 4.92 Å². The number of aryl methyl sites for hydroxylation is 1. The molecule has 0 spiro atoms. The molecule has 1 unspecified atom stereocenters. The summed E-state index contributed by atoms with van der Waals surface area (Å²) in [5.41, 5.74) is 3.18. The second-order valence-electron chi connectivity index (χ2n) is 6.19. The maximum absolute atomic E-state index is 11.2. The van der Waals surface area contributed by atoms with Crippen LogP contribution in [0.5, 0.6) is 0 Å². The van der Waals surface area contributed by atoms with E-state index in [1.165, 1.54) is 0 Å². The number of benzene rings is 1.